The molecule has 0 aromatic heterocycles. The maximum absolute atomic E-state index is 13.5. The van der Waals surface area contributed by atoms with Crippen molar-refractivity contribution in [1.29, 1.82) is 0 Å². The number of aliphatic hydroxyl groups excluding tert-OH is 9. The molecule has 3 saturated heterocycles. The van der Waals surface area contributed by atoms with Crippen molar-refractivity contribution in [3.8, 4) is 0 Å². The Balaban J connectivity index is 1.41. The standard InChI is InChI=1S/C69H125N2O25P/c1-5-7-9-11-13-15-17-19-21-23-25-27-29-31-33-40-56(76)88-48-51(92-57(77)41-34-32-30-28-26-24-22-20-18-16-14-12-10-8-6-2)49-90-97(85,86-4)89-45-43-71-55(75)39-36-35-38-54(74)70-42-37-44-87-69-66(96-67-63(83)61(81)58(78)50(3)91-67)65(60(80)53(47-73)94-69)95-68-64(84)62(82)59(79)52(46-72)93-68/h19-22,50-53,58-69,72-73,78-84H,5-18,23-49H2,1-4H3,(H,70,74)(H,71,75)/b21-19?,22-20+/t50?,51-,52?,53?,58+,59+,60+,61-,62+,63?,64?,65+,66?,67+,68+,69-,97?/m1/s1. The van der Waals surface area contributed by atoms with Crippen LogP contribution in [0.25, 0.3) is 0 Å². The first-order chi connectivity index (χ1) is 46.8. The molecule has 97 heavy (non-hydrogen) atoms. The molecule has 11 N–H and O–H groups in total. The molecule has 3 aliphatic heterocycles. The highest BCUT2D eigenvalue weighted by Crippen LogP contribution is 2.48. The zero-order valence-electron chi connectivity index (χ0n) is 58.5. The molecule has 3 aliphatic rings. The van der Waals surface area contributed by atoms with Gasteiger partial charge in [-0.3, -0.25) is 32.7 Å². The molecule has 0 aliphatic carbocycles. The largest absolute Gasteiger partial charge is 0.474 e. The van der Waals surface area contributed by atoms with Crippen molar-refractivity contribution in [1.82, 2.24) is 10.6 Å². The van der Waals surface area contributed by atoms with Crippen molar-refractivity contribution >= 4 is 31.6 Å². The number of carbonyl (C=O) groups is 4. The maximum atomic E-state index is 13.5. The number of hydrogen-bond donors (Lipinski definition) is 11. The van der Waals surface area contributed by atoms with E-state index in [2.05, 4.69) is 48.8 Å². The molecule has 2 amide bonds. The fourth-order valence-corrected chi connectivity index (χ4v) is 12.3. The van der Waals surface area contributed by atoms with Crippen LogP contribution in [0.15, 0.2) is 24.3 Å². The number of unbranched alkanes of at least 4 members (excludes halogenated alkanes) is 23. The van der Waals surface area contributed by atoms with Crippen molar-refractivity contribution in [2.45, 2.75) is 331 Å². The molecule has 0 bridgehead atoms. The van der Waals surface area contributed by atoms with Crippen LogP contribution in [-0.2, 0) is 75.2 Å². The van der Waals surface area contributed by atoms with Gasteiger partial charge < -0.3 is 94.5 Å². The molecule has 0 radical (unpaired) electrons. The van der Waals surface area contributed by atoms with E-state index in [9.17, 15) is 69.7 Å². The van der Waals surface area contributed by atoms with Gasteiger partial charge in [0.15, 0.2) is 25.0 Å². The van der Waals surface area contributed by atoms with Gasteiger partial charge in [0.25, 0.3) is 0 Å². The van der Waals surface area contributed by atoms with Gasteiger partial charge in [-0.1, -0.05) is 141 Å². The molecule has 3 heterocycles. The molecule has 0 aromatic rings. The van der Waals surface area contributed by atoms with Crippen LogP contribution in [0.3, 0.4) is 0 Å². The number of esters is 2. The minimum atomic E-state index is -4.24. The average molecular weight is 1410 g/mol. The third-order valence-electron chi connectivity index (χ3n) is 17.4. The molecular weight excluding hydrogens is 1290 g/mol. The highest BCUT2D eigenvalue weighted by Gasteiger charge is 2.54. The van der Waals surface area contributed by atoms with Crippen LogP contribution < -0.4 is 10.6 Å². The average Bonchev–Trinajstić information content (AvgIpc) is 0.780. The lowest BCUT2D eigenvalue weighted by Crippen LogP contribution is -2.67. The summed E-state index contributed by atoms with van der Waals surface area (Å²) in [4.78, 5) is 51.4. The van der Waals surface area contributed by atoms with Crippen LogP contribution >= 0.6 is 7.82 Å². The van der Waals surface area contributed by atoms with Gasteiger partial charge in [-0.05, 0) is 90.4 Å². The van der Waals surface area contributed by atoms with E-state index in [1.165, 1.54) is 84.0 Å². The minimum Gasteiger partial charge on any atom is -0.462 e. The van der Waals surface area contributed by atoms with Crippen LogP contribution in [0, 0.1) is 0 Å². The summed E-state index contributed by atoms with van der Waals surface area (Å²) in [5, 5.41) is 99.7. The number of nitrogens with one attached hydrogen (secondary N) is 2. The summed E-state index contributed by atoms with van der Waals surface area (Å²) in [7, 11) is -3.12. The van der Waals surface area contributed by atoms with E-state index in [-0.39, 0.29) is 76.8 Å². The minimum absolute atomic E-state index is 0.0518. The summed E-state index contributed by atoms with van der Waals surface area (Å²) in [6.45, 7) is 3.06. The van der Waals surface area contributed by atoms with Crippen molar-refractivity contribution < 1.29 is 121 Å². The number of carbonyl (C=O) groups excluding carboxylic acids is 4. The van der Waals surface area contributed by atoms with Gasteiger partial charge in [-0.25, -0.2) is 4.57 Å². The second-order valence-electron chi connectivity index (χ2n) is 25.6. The highest BCUT2D eigenvalue weighted by molar-refractivity contribution is 7.48. The Labute approximate surface area is 576 Å². The first kappa shape index (κ1) is 88.1. The second kappa shape index (κ2) is 53.7. The fraction of sp³-hybridized carbons (Fsp3) is 0.884. The van der Waals surface area contributed by atoms with Crippen molar-refractivity contribution in [3.05, 3.63) is 24.3 Å². The molecule has 566 valence electrons. The SMILES string of the molecule is CCCCCCCCC=CCCCCCCCC(=O)OC[C@H](COP(=O)(OC)OCCNC(=O)CCCCC(=O)NCCCO[C@@H]1OC(CO)[C@H](O)[C@H](O[C@@H]2OC(CO)[C@H](O)[C@H](O)C2O)C1O[C@@H]1OC(C)[C@H](O)[C@@H](O)C1O)OC(=O)CCCCCCC/C=C/CCCCCCCC. The van der Waals surface area contributed by atoms with Gasteiger partial charge in [0, 0.05) is 45.9 Å². The number of amides is 2. The maximum Gasteiger partial charge on any atom is 0.474 e. The Kier molecular flexibility index (Phi) is 48.7. The zero-order chi connectivity index (χ0) is 71.1. The molecular formula is C69H125N2O25P. The third kappa shape index (κ3) is 37.0. The first-order valence-corrected chi connectivity index (χ1v) is 37.8. The predicted molar refractivity (Wildman–Crippen MR) is 359 cm³/mol. The normalized spacial score (nSPS) is 27.0. The van der Waals surface area contributed by atoms with Crippen LogP contribution in [0.5, 0.6) is 0 Å². The molecule has 7 unspecified atom stereocenters. The summed E-state index contributed by atoms with van der Waals surface area (Å²) in [6.07, 6.45) is 13.8. The number of phosphoric acid groups is 1. The number of allylic oxidation sites excluding steroid dienone is 4. The summed E-state index contributed by atoms with van der Waals surface area (Å²) in [5.74, 6) is -1.66. The summed E-state index contributed by atoms with van der Waals surface area (Å²) >= 11 is 0. The van der Waals surface area contributed by atoms with E-state index in [0.717, 1.165) is 84.2 Å². The molecule has 3 rings (SSSR count). The molecule has 3 fully saturated rings. The Morgan fingerprint density at radius 3 is 1.43 bits per heavy atom. The van der Waals surface area contributed by atoms with E-state index in [1.807, 2.05) is 0 Å². The third-order valence-corrected chi connectivity index (χ3v) is 18.8. The lowest BCUT2D eigenvalue weighted by Gasteiger charge is -2.48. The first-order valence-electron chi connectivity index (χ1n) is 36.3. The Hall–Kier alpha value is -3.13. The van der Waals surface area contributed by atoms with Crippen LogP contribution in [0.4, 0.5) is 0 Å². The lowest BCUT2D eigenvalue weighted by atomic mass is 9.96. The van der Waals surface area contributed by atoms with Crippen molar-refractivity contribution in [2.75, 3.05) is 59.8 Å². The summed E-state index contributed by atoms with van der Waals surface area (Å²) in [5.41, 5.74) is 0. The number of hydrogen-bond acceptors (Lipinski definition) is 25. The van der Waals surface area contributed by atoms with Gasteiger partial charge in [0.05, 0.1) is 39.1 Å². The summed E-state index contributed by atoms with van der Waals surface area (Å²) < 4.78 is 75.6. The molecule has 0 saturated carbocycles. The Bertz CT molecular complexity index is 2170. The van der Waals surface area contributed by atoms with Gasteiger partial charge in [-0.2, -0.15) is 0 Å². The molecule has 0 spiro atoms. The predicted octanol–water partition coefficient (Wildman–Crippen LogP) is 6.98. The van der Waals surface area contributed by atoms with Crippen LogP contribution in [-0.4, -0.2) is 228 Å². The second-order valence-corrected chi connectivity index (χ2v) is 27.4. The Morgan fingerprint density at radius 1 is 0.464 bits per heavy atom. The number of phosphoric ester groups is 1. The van der Waals surface area contributed by atoms with E-state index in [4.69, 9.17) is 51.5 Å². The number of ether oxygens (including phenoxy) is 8. The highest BCUT2D eigenvalue weighted by atomic mass is 31.2. The molecule has 27 nitrogen and oxygen atoms in total. The smallest absolute Gasteiger partial charge is 0.462 e. The van der Waals surface area contributed by atoms with E-state index in [0.29, 0.717) is 25.7 Å². The molecule has 0 aromatic carbocycles. The van der Waals surface area contributed by atoms with Gasteiger partial charge in [0.1, 0.15) is 73.8 Å². The van der Waals surface area contributed by atoms with Crippen molar-refractivity contribution in [2.24, 2.45) is 0 Å². The quantitative estimate of drug-likeness (QED) is 0.0127. The number of aliphatic hydroxyl groups is 9. The van der Waals surface area contributed by atoms with E-state index >= 15 is 0 Å². The zero-order valence-corrected chi connectivity index (χ0v) is 59.4. The van der Waals surface area contributed by atoms with Crippen LogP contribution in [0.2, 0.25) is 0 Å². The topological polar surface area (TPSA) is 393 Å². The molecule has 28 heteroatoms. The van der Waals surface area contributed by atoms with E-state index in [1.54, 1.807) is 0 Å². The van der Waals surface area contributed by atoms with Crippen molar-refractivity contribution in [3.63, 3.8) is 0 Å². The van der Waals surface area contributed by atoms with Crippen LogP contribution in [0.1, 0.15) is 233 Å². The van der Waals surface area contributed by atoms with E-state index < -0.39 is 138 Å². The Morgan fingerprint density at radius 2 is 0.907 bits per heavy atom. The summed E-state index contributed by atoms with van der Waals surface area (Å²) in [6, 6.07) is 0. The lowest BCUT2D eigenvalue weighted by molar-refractivity contribution is -0.390. The van der Waals surface area contributed by atoms with Gasteiger partial charge >= 0.3 is 19.8 Å². The molecule has 17 atom stereocenters. The monoisotopic (exact) mass is 1410 g/mol. The van der Waals surface area contributed by atoms with Gasteiger partial charge in [0.2, 0.25) is 11.8 Å². The fourth-order valence-electron chi connectivity index (χ4n) is 11.3. The number of rotatable bonds is 57. The van der Waals surface area contributed by atoms with Gasteiger partial charge in [-0.15, -0.1) is 0 Å².